The zero-order valence-corrected chi connectivity index (χ0v) is 18.4. The third-order valence-corrected chi connectivity index (χ3v) is 5.19. The molecule has 2 rings (SSSR count). The highest BCUT2D eigenvalue weighted by atomic mass is 35.5. The van der Waals surface area contributed by atoms with Crippen LogP contribution in [0.25, 0.3) is 11.1 Å². The molecule has 0 radical (unpaired) electrons. The number of hydrogen-bond donors (Lipinski definition) is 0. The second kappa shape index (κ2) is 10.7. The SMILES string of the molecule is CCC(=O)OCCc1cc(-c2ccccc2CN(CC)C(C)=O)cc(Cl)c1C(F)(F)F. The summed E-state index contributed by atoms with van der Waals surface area (Å²) >= 11 is 6.08. The number of carbonyl (C=O) groups is 2. The summed E-state index contributed by atoms with van der Waals surface area (Å²) in [7, 11) is 0. The summed E-state index contributed by atoms with van der Waals surface area (Å²) in [4.78, 5) is 24.8. The standard InChI is InChI=1S/C23H25ClF3NO3/c1-4-21(30)31-11-10-16-12-18(13-20(24)22(16)23(25,26)27)19-9-7-6-8-17(19)14-28(5-2)15(3)29/h6-9,12-13H,4-5,10-11,14H2,1-3H3. The summed E-state index contributed by atoms with van der Waals surface area (Å²) in [6, 6.07) is 9.91. The molecule has 31 heavy (non-hydrogen) atoms. The molecule has 0 spiro atoms. The van der Waals surface area contributed by atoms with Gasteiger partial charge in [0.1, 0.15) is 0 Å². The first-order chi connectivity index (χ1) is 14.6. The number of carbonyl (C=O) groups excluding carboxylic acids is 2. The molecule has 8 heteroatoms. The zero-order valence-electron chi connectivity index (χ0n) is 17.7. The van der Waals surface area contributed by atoms with E-state index < -0.39 is 22.7 Å². The maximum atomic E-state index is 13.6. The molecule has 0 unspecified atom stereocenters. The molecule has 0 saturated heterocycles. The van der Waals surface area contributed by atoms with Gasteiger partial charge in [-0.2, -0.15) is 13.2 Å². The molecule has 2 aromatic rings. The second-order valence-electron chi connectivity index (χ2n) is 7.00. The normalized spacial score (nSPS) is 11.3. The Hall–Kier alpha value is -2.54. The van der Waals surface area contributed by atoms with Gasteiger partial charge < -0.3 is 9.64 Å². The molecule has 1 amide bonds. The molecule has 0 atom stereocenters. The fraction of sp³-hybridized carbons (Fsp3) is 0.391. The van der Waals surface area contributed by atoms with E-state index in [4.69, 9.17) is 16.3 Å². The molecular formula is C23H25ClF3NO3. The van der Waals surface area contributed by atoms with Gasteiger partial charge >= 0.3 is 12.1 Å². The quantitative estimate of drug-likeness (QED) is 0.466. The van der Waals surface area contributed by atoms with E-state index >= 15 is 0 Å². The van der Waals surface area contributed by atoms with E-state index in [0.29, 0.717) is 24.2 Å². The van der Waals surface area contributed by atoms with Gasteiger partial charge in [0.05, 0.1) is 17.2 Å². The topological polar surface area (TPSA) is 46.6 Å². The third kappa shape index (κ3) is 6.47. The molecule has 0 aliphatic carbocycles. The largest absolute Gasteiger partial charge is 0.465 e. The average Bonchev–Trinajstić information content (AvgIpc) is 2.70. The Morgan fingerprint density at radius 2 is 1.77 bits per heavy atom. The summed E-state index contributed by atoms with van der Waals surface area (Å²) in [6.07, 6.45) is -4.62. The fourth-order valence-corrected chi connectivity index (χ4v) is 3.65. The number of ether oxygens (including phenoxy) is 1. The van der Waals surface area contributed by atoms with Gasteiger partial charge in [-0.15, -0.1) is 0 Å². The van der Waals surface area contributed by atoms with Gasteiger partial charge in [0.25, 0.3) is 0 Å². The summed E-state index contributed by atoms with van der Waals surface area (Å²) in [6.45, 7) is 5.59. The van der Waals surface area contributed by atoms with Crippen molar-refractivity contribution < 1.29 is 27.5 Å². The average molecular weight is 456 g/mol. The Kier molecular flexibility index (Phi) is 8.51. The van der Waals surface area contributed by atoms with E-state index in [0.717, 1.165) is 5.56 Å². The van der Waals surface area contributed by atoms with E-state index in [2.05, 4.69) is 0 Å². The monoisotopic (exact) mass is 455 g/mol. The number of amides is 1. The highest BCUT2D eigenvalue weighted by molar-refractivity contribution is 6.31. The highest BCUT2D eigenvalue weighted by Crippen LogP contribution is 2.40. The summed E-state index contributed by atoms with van der Waals surface area (Å²) < 4.78 is 45.9. The van der Waals surface area contributed by atoms with E-state index in [1.54, 1.807) is 24.0 Å². The highest BCUT2D eigenvalue weighted by Gasteiger charge is 2.36. The van der Waals surface area contributed by atoms with Crippen LogP contribution in [0.5, 0.6) is 0 Å². The van der Waals surface area contributed by atoms with Crippen molar-refractivity contribution in [2.45, 2.75) is 46.3 Å². The molecule has 0 aliphatic rings. The van der Waals surface area contributed by atoms with Crippen LogP contribution >= 0.6 is 11.6 Å². The van der Waals surface area contributed by atoms with Crippen molar-refractivity contribution >= 4 is 23.5 Å². The van der Waals surface area contributed by atoms with Gasteiger partial charge in [-0.25, -0.2) is 0 Å². The van der Waals surface area contributed by atoms with Crippen LogP contribution in [0.3, 0.4) is 0 Å². The summed E-state index contributed by atoms with van der Waals surface area (Å²) in [5.41, 5.74) is 1.00. The van der Waals surface area contributed by atoms with Crippen molar-refractivity contribution in [2.24, 2.45) is 0 Å². The lowest BCUT2D eigenvalue weighted by Gasteiger charge is -2.22. The second-order valence-corrected chi connectivity index (χ2v) is 7.41. The van der Waals surface area contributed by atoms with Gasteiger partial charge in [-0.3, -0.25) is 9.59 Å². The van der Waals surface area contributed by atoms with Crippen molar-refractivity contribution in [1.82, 2.24) is 4.90 Å². The predicted octanol–water partition coefficient (Wildman–Crippen LogP) is 5.89. The first-order valence-corrected chi connectivity index (χ1v) is 10.3. The molecule has 168 valence electrons. The first-order valence-electron chi connectivity index (χ1n) is 9.97. The summed E-state index contributed by atoms with van der Waals surface area (Å²) in [5.74, 6) is -0.578. The van der Waals surface area contributed by atoms with Gasteiger partial charge in [-0.05, 0) is 35.2 Å². The van der Waals surface area contributed by atoms with Crippen molar-refractivity contribution in [3.63, 3.8) is 0 Å². The molecule has 0 fully saturated rings. The van der Waals surface area contributed by atoms with Crippen LogP contribution in [-0.2, 0) is 33.5 Å². The third-order valence-electron chi connectivity index (χ3n) is 4.90. The molecule has 0 heterocycles. The van der Waals surface area contributed by atoms with Crippen LogP contribution in [-0.4, -0.2) is 29.9 Å². The van der Waals surface area contributed by atoms with Crippen LogP contribution in [0.4, 0.5) is 13.2 Å². The molecule has 0 saturated carbocycles. The lowest BCUT2D eigenvalue weighted by molar-refractivity contribution is -0.143. The molecule has 2 aromatic carbocycles. The maximum Gasteiger partial charge on any atom is 0.418 e. The Labute approximate surface area is 184 Å². The zero-order chi connectivity index (χ0) is 23.2. The predicted molar refractivity (Wildman–Crippen MR) is 114 cm³/mol. The number of esters is 1. The molecular weight excluding hydrogens is 431 g/mol. The Bertz CT molecular complexity index is 944. The van der Waals surface area contributed by atoms with Crippen molar-refractivity contribution in [3.05, 3.63) is 58.1 Å². The van der Waals surface area contributed by atoms with Crippen molar-refractivity contribution in [2.75, 3.05) is 13.2 Å². The maximum absolute atomic E-state index is 13.6. The van der Waals surface area contributed by atoms with Gasteiger partial charge in [-0.1, -0.05) is 48.9 Å². The van der Waals surface area contributed by atoms with Crippen LogP contribution in [0, 0.1) is 0 Å². The number of rotatable bonds is 8. The van der Waals surface area contributed by atoms with E-state index in [1.807, 2.05) is 19.1 Å². The van der Waals surface area contributed by atoms with Crippen LogP contribution in [0.1, 0.15) is 43.9 Å². The van der Waals surface area contributed by atoms with Crippen LogP contribution in [0.15, 0.2) is 36.4 Å². The number of alkyl halides is 3. The molecule has 0 bridgehead atoms. The number of halogens is 4. The Balaban J connectivity index is 2.51. The first kappa shape index (κ1) is 24.7. The minimum Gasteiger partial charge on any atom is -0.465 e. The van der Waals surface area contributed by atoms with Gasteiger partial charge in [0.15, 0.2) is 0 Å². The molecule has 0 aromatic heterocycles. The molecule has 4 nitrogen and oxygen atoms in total. The van der Waals surface area contributed by atoms with E-state index in [-0.39, 0.29) is 30.9 Å². The smallest absolute Gasteiger partial charge is 0.418 e. The van der Waals surface area contributed by atoms with E-state index in [1.165, 1.54) is 19.1 Å². The lowest BCUT2D eigenvalue weighted by atomic mass is 9.94. The molecule has 0 aliphatic heterocycles. The number of benzene rings is 2. The Morgan fingerprint density at radius 3 is 2.35 bits per heavy atom. The number of nitrogens with zero attached hydrogens (tertiary/aromatic N) is 1. The van der Waals surface area contributed by atoms with Crippen LogP contribution in [0.2, 0.25) is 5.02 Å². The molecule has 0 N–H and O–H groups in total. The minimum atomic E-state index is -4.65. The number of hydrogen-bond acceptors (Lipinski definition) is 3. The lowest BCUT2D eigenvalue weighted by Crippen LogP contribution is -2.27. The summed E-state index contributed by atoms with van der Waals surface area (Å²) in [5, 5.41) is -0.421. The van der Waals surface area contributed by atoms with E-state index in [9.17, 15) is 22.8 Å². The van der Waals surface area contributed by atoms with Crippen molar-refractivity contribution in [3.8, 4) is 11.1 Å². The van der Waals surface area contributed by atoms with Gasteiger partial charge in [0, 0.05) is 32.9 Å². The fourth-order valence-electron chi connectivity index (χ4n) is 3.30. The minimum absolute atomic E-state index is 0.0485. The van der Waals surface area contributed by atoms with Gasteiger partial charge in [0.2, 0.25) is 5.91 Å². The van der Waals surface area contributed by atoms with Crippen LogP contribution < -0.4 is 0 Å². The Morgan fingerprint density at radius 1 is 1.10 bits per heavy atom. The van der Waals surface area contributed by atoms with Crippen molar-refractivity contribution in [1.29, 1.82) is 0 Å².